The predicted molar refractivity (Wildman–Crippen MR) is 92.7 cm³/mol. The highest BCUT2D eigenvalue weighted by Crippen LogP contribution is 2.55. The van der Waals surface area contributed by atoms with Crippen molar-refractivity contribution < 1.29 is 10.2 Å². The van der Waals surface area contributed by atoms with E-state index in [1.165, 1.54) is 44.9 Å². The molecule has 2 heteroatoms. The predicted octanol–water partition coefficient (Wildman–Crippen LogP) is 4.78. The van der Waals surface area contributed by atoms with Gasteiger partial charge in [-0.2, -0.15) is 0 Å². The standard InChI is InChI=1S/C20H38O2/c1-5-11-20(6-2,16-7-9-18(21)14(3)12-16)17-8-10-19(22)15(4)13-17/h14-19,21-22H,5-13H2,1-4H3. The Morgan fingerprint density at radius 2 is 1.27 bits per heavy atom. The van der Waals surface area contributed by atoms with Gasteiger partial charge in [-0.05, 0) is 80.5 Å². The van der Waals surface area contributed by atoms with Crippen LogP contribution in [0.3, 0.4) is 0 Å². The fourth-order valence-electron chi connectivity index (χ4n) is 5.77. The third kappa shape index (κ3) is 3.53. The minimum atomic E-state index is -0.0838. The number of aliphatic hydroxyl groups is 2. The average Bonchev–Trinajstić information content (AvgIpc) is 2.50. The van der Waals surface area contributed by atoms with Crippen molar-refractivity contribution in [1.29, 1.82) is 0 Å². The van der Waals surface area contributed by atoms with Crippen LogP contribution in [0.5, 0.6) is 0 Å². The van der Waals surface area contributed by atoms with Gasteiger partial charge in [0.1, 0.15) is 0 Å². The lowest BCUT2D eigenvalue weighted by atomic mass is 9.54. The second kappa shape index (κ2) is 7.66. The van der Waals surface area contributed by atoms with Gasteiger partial charge in [0.25, 0.3) is 0 Å². The first-order valence-electron chi connectivity index (χ1n) is 9.80. The Bertz CT molecular complexity index is 315. The molecule has 2 saturated carbocycles. The van der Waals surface area contributed by atoms with E-state index >= 15 is 0 Å². The van der Waals surface area contributed by atoms with E-state index in [-0.39, 0.29) is 12.2 Å². The van der Waals surface area contributed by atoms with Crippen LogP contribution in [0.25, 0.3) is 0 Å². The molecule has 2 rings (SSSR count). The Balaban J connectivity index is 2.19. The van der Waals surface area contributed by atoms with Crippen LogP contribution in [-0.4, -0.2) is 22.4 Å². The summed E-state index contributed by atoms with van der Waals surface area (Å²) in [4.78, 5) is 0. The largest absolute Gasteiger partial charge is 0.393 e. The lowest BCUT2D eigenvalue weighted by molar-refractivity contribution is -0.0586. The highest BCUT2D eigenvalue weighted by atomic mass is 16.3. The van der Waals surface area contributed by atoms with Crippen molar-refractivity contribution >= 4 is 0 Å². The summed E-state index contributed by atoms with van der Waals surface area (Å²) < 4.78 is 0. The Morgan fingerprint density at radius 1 is 0.818 bits per heavy atom. The topological polar surface area (TPSA) is 40.5 Å². The van der Waals surface area contributed by atoms with E-state index in [2.05, 4.69) is 27.7 Å². The van der Waals surface area contributed by atoms with E-state index in [9.17, 15) is 10.2 Å². The summed E-state index contributed by atoms with van der Waals surface area (Å²) in [6, 6.07) is 0. The zero-order valence-corrected chi connectivity index (χ0v) is 15.2. The van der Waals surface area contributed by atoms with Crippen LogP contribution in [0.1, 0.15) is 85.5 Å². The number of hydrogen-bond acceptors (Lipinski definition) is 2. The molecule has 2 aliphatic carbocycles. The summed E-state index contributed by atoms with van der Waals surface area (Å²) in [7, 11) is 0. The van der Waals surface area contributed by atoms with Gasteiger partial charge >= 0.3 is 0 Å². The Hall–Kier alpha value is -0.0800. The zero-order chi connectivity index (χ0) is 16.3. The normalized spacial score (nSPS) is 42.8. The molecule has 0 aromatic heterocycles. The summed E-state index contributed by atoms with van der Waals surface area (Å²) >= 11 is 0. The summed E-state index contributed by atoms with van der Waals surface area (Å²) in [6.45, 7) is 9.18. The molecule has 0 aromatic rings. The Morgan fingerprint density at radius 3 is 1.59 bits per heavy atom. The lowest BCUT2D eigenvalue weighted by Gasteiger charge is -2.52. The lowest BCUT2D eigenvalue weighted by Crippen LogP contribution is -2.45. The quantitative estimate of drug-likeness (QED) is 0.767. The number of rotatable bonds is 5. The second-order valence-corrected chi connectivity index (χ2v) is 8.45. The molecule has 0 aromatic carbocycles. The van der Waals surface area contributed by atoms with Crippen LogP contribution in [-0.2, 0) is 0 Å². The van der Waals surface area contributed by atoms with Gasteiger partial charge < -0.3 is 10.2 Å². The maximum atomic E-state index is 10.1. The van der Waals surface area contributed by atoms with Crippen LogP contribution in [0.4, 0.5) is 0 Å². The van der Waals surface area contributed by atoms with Crippen molar-refractivity contribution in [3.8, 4) is 0 Å². The van der Waals surface area contributed by atoms with Crippen molar-refractivity contribution in [3.63, 3.8) is 0 Å². The van der Waals surface area contributed by atoms with Crippen molar-refractivity contribution in [1.82, 2.24) is 0 Å². The molecule has 0 spiro atoms. The van der Waals surface area contributed by atoms with Crippen molar-refractivity contribution in [2.24, 2.45) is 29.1 Å². The van der Waals surface area contributed by atoms with Gasteiger partial charge in [-0.25, -0.2) is 0 Å². The molecule has 2 N–H and O–H groups in total. The SMILES string of the molecule is CCCC(CC)(C1CCC(O)C(C)C1)C1CCC(O)C(C)C1. The van der Waals surface area contributed by atoms with Crippen LogP contribution in [0.15, 0.2) is 0 Å². The van der Waals surface area contributed by atoms with E-state index in [1.807, 2.05) is 0 Å². The highest BCUT2D eigenvalue weighted by Gasteiger charge is 2.47. The molecule has 2 fully saturated rings. The summed E-state index contributed by atoms with van der Waals surface area (Å²) in [5.41, 5.74) is 0.442. The van der Waals surface area contributed by atoms with Crippen LogP contribution in [0, 0.1) is 29.1 Å². The van der Waals surface area contributed by atoms with Crippen LogP contribution >= 0.6 is 0 Å². The van der Waals surface area contributed by atoms with Gasteiger partial charge in [-0.3, -0.25) is 0 Å². The van der Waals surface area contributed by atoms with Crippen molar-refractivity contribution in [2.75, 3.05) is 0 Å². The number of aliphatic hydroxyl groups excluding tert-OH is 2. The molecule has 2 aliphatic rings. The second-order valence-electron chi connectivity index (χ2n) is 8.45. The van der Waals surface area contributed by atoms with Crippen LogP contribution < -0.4 is 0 Å². The first kappa shape index (κ1) is 18.3. The van der Waals surface area contributed by atoms with Gasteiger partial charge in [0.2, 0.25) is 0 Å². The maximum Gasteiger partial charge on any atom is 0.0566 e. The third-order valence-electron chi connectivity index (χ3n) is 7.25. The molecule has 0 aliphatic heterocycles. The summed E-state index contributed by atoms with van der Waals surface area (Å²) in [5.74, 6) is 2.44. The Kier molecular flexibility index (Phi) is 6.36. The van der Waals surface area contributed by atoms with E-state index in [0.29, 0.717) is 17.3 Å². The molecular weight excluding hydrogens is 272 g/mol. The molecular formula is C20H38O2. The number of hydrogen-bond donors (Lipinski definition) is 2. The first-order valence-corrected chi connectivity index (χ1v) is 9.80. The molecule has 0 amide bonds. The molecule has 130 valence electrons. The monoisotopic (exact) mass is 310 g/mol. The van der Waals surface area contributed by atoms with E-state index in [0.717, 1.165) is 24.7 Å². The van der Waals surface area contributed by atoms with Crippen molar-refractivity contribution in [3.05, 3.63) is 0 Å². The van der Waals surface area contributed by atoms with Crippen molar-refractivity contribution in [2.45, 2.75) is 97.7 Å². The zero-order valence-electron chi connectivity index (χ0n) is 15.2. The van der Waals surface area contributed by atoms with E-state index in [1.54, 1.807) is 0 Å². The van der Waals surface area contributed by atoms with Gasteiger partial charge in [-0.1, -0.05) is 34.1 Å². The van der Waals surface area contributed by atoms with Gasteiger partial charge in [0.05, 0.1) is 12.2 Å². The maximum absolute atomic E-state index is 10.1. The van der Waals surface area contributed by atoms with Gasteiger partial charge in [-0.15, -0.1) is 0 Å². The Labute approximate surface area is 137 Å². The molecule has 0 bridgehead atoms. The summed E-state index contributed by atoms with van der Waals surface area (Å²) in [5, 5.41) is 20.2. The average molecular weight is 311 g/mol. The minimum absolute atomic E-state index is 0.0838. The summed E-state index contributed by atoms with van der Waals surface area (Å²) in [6.07, 6.45) is 10.5. The van der Waals surface area contributed by atoms with Gasteiger partial charge in [0, 0.05) is 0 Å². The molecule has 2 nitrogen and oxygen atoms in total. The molecule has 0 saturated heterocycles. The highest BCUT2D eigenvalue weighted by molar-refractivity contribution is 4.97. The van der Waals surface area contributed by atoms with E-state index in [4.69, 9.17) is 0 Å². The first-order chi connectivity index (χ1) is 10.4. The fourth-order valence-corrected chi connectivity index (χ4v) is 5.77. The van der Waals surface area contributed by atoms with Crippen LogP contribution in [0.2, 0.25) is 0 Å². The van der Waals surface area contributed by atoms with E-state index < -0.39 is 0 Å². The third-order valence-corrected chi connectivity index (χ3v) is 7.25. The van der Waals surface area contributed by atoms with Gasteiger partial charge in [0.15, 0.2) is 0 Å². The molecule has 0 radical (unpaired) electrons. The minimum Gasteiger partial charge on any atom is -0.393 e. The fraction of sp³-hybridized carbons (Fsp3) is 1.00. The smallest absolute Gasteiger partial charge is 0.0566 e. The molecule has 22 heavy (non-hydrogen) atoms. The molecule has 0 heterocycles. The molecule has 6 unspecified atom stereocenters. The molecule has 6 atom stereocenters.